The summed E-state index contributed by atoms with van der Waals surface area (Å²) in [7, 11) is 0. The smallest absolute Gasteiger partial charge is 0.0918 e. The van der Waals surface area contributed by atoms with Gasteiger partial charge in [0.05, 0.1) is 19.3 Å². The molecule has 80 valence electrons. The lowest BCUT2D eigenvalue weighted by Crippen LogP contribution is -2.30. The van der Waals surface area contributed by atoms with Crippen LogP contribution >= 0.6 is 0 Å². The zero-order valence-electron chi connectivity index (χ0n) is 8.93. The highest BCUT2D eigenvalue weighted by atomic mass is 16.3. The molecule has 1 aliphatic rings. The van der Waals surface area contributed by atoms with Crippen molar-refractivity contribution in [2.24, 2.45) is 4.99 Å². The van der Waals surface area contributed by atoms with Gasteiger partial charge in [-0.05, 0) is 12.5 Å². The molecule has 0 fully saturated rings. The molecule has 0 unspecified atom stereocenters. The van der Waals surface area contributed by atoms with Gasteiger partial charge in [-0.15, -0.1) is 0 Å². The molecule has 0 saturated heterocycles. The van der Waals surface area contributed by atoms with Gasteiger partial charge in [0.2, 0.25) is 0 Å². The van der Waals surface area contributed by atoms with Crippen LogP contribution in [0.4, 0.5) is 0 Å². The van der Waals surface area contributed by atoms with E-state index < -0.39 is 0 Å². The summed E-state index contributed by atoms with van der Waals surface area (Å²) in [6.45, 7) is 3.73. The molecule has 0 spiro atoms. The Morgan fingerprint density at radius 2 is 2.13 bits per heavy atom. The predicted molar refractivity (Wildman–Crippen MR) is 61.0 cm³/mol. The monoisotopic (exact) mass is 204 g/mol. The normalized spacial score (nSPS) is 18.9. The molecular weight excluding hydrogens is 188 g/mol. The van der Waals surface area contributed by atoms with Gasteiger partial charge >= 0.3 is 0 Å². The average Bonchev–Trinajstić information content (AvgIpc) is 2.68. The van der Waals surface area contributed by atoms with E-state index in [0.29, 0.717) is 6.67 Å². The van der Waals surface area contributed by atoms with E-state index in [1.54, 1.807) is 0 Å². The zero-order valence-corrected chi connectivity index (χ0v) is 8.93. The first kappa shape index (κ1) is 10.3. The topological polar surface area (TPSA) is 35.8 Å². The molecular formula is C12H16N2O. The standard InChI is InChI=1S/C12H16N2O/c1-10-7-14(9-13-10)12(8-15)11-5-3-2-4-6-11/h2-6,12,15H,7-9H2,1H3/t12-/m0/s1. The van der Waals surface area contributed by atoms with E-state index in [4.69, 9.17) is 0 Å². The maximum atomic E-state index is 9.43. The molecule has 3 nitrogen and oxygen atoms in total. The van der Waals surface area contributed by atoms with Crippen molar-refractivity contribution in [2.75, 3.05) is 19.8 Å². The first-order chi connectivity index (χ1) is 7.31. The van der Waals surface area contributed by atoms with Gasteiger partial charge in [-0.25, -0.2) is 0 Å². The molecule has 0 saturated carbocycles. The van der Waals surface area contributed by atoms with Crippen LogP contribution < -0.4 is 0 Å². The molecule has 0 bridgehead atoms. The summed E-state index contributed by atoms with van der Waals surface area (Å²) in [5.74, 6) is 0. The van der Waals surface area contributed by atoms with Crippen LogP contribution in [0.3, 0.4) is 0 Å². The third-order valence-electron chi connectivity index (χ3n) is 2.75. The van der Waals surface area contributed by atoms with Crippen LogP contribution in [0.2, 0.25) is 0 Å². The van der Waals surface area contributed by atoms with E-state index in [0.717, 1.165) is 17.8 Å². The van der Waals surface area contributed by atoms with Crippen molar-refractivity contribution >= 4 is 5.71 Å². The highest BCUT2D eigenvalue weighted by Crippen LogP contribution is 2.21. The fraction of sp³-hybridized carbons (Fsp3) is 0.417. The van der Waals surface area contributed by atoms with Gasteiger partial charge in [0.15, 0.2) is 0 Å². The highest BCUT2D eigenvalue weighted by molar-refractivity contribution is 5.85. The van der Waals surface area contributed by atoms with Crippen LogP contribution in [0.15, 0.2) is 35.3 Å². The van der Waals surface area contributed by atoms with E-state index in [1.165, 1.54) is 0 Å². The van der Waals surface area contributed by atoms with E-state index in [2.05, 4.69) is 22.0 Å². The Hall–Kier alpha value is -1.19. The number of hydrogen-bond donors (Lipinski definition) is 1. The molecule has 0 aliphatic carbocycles. The third-order valence-corrected chi connectivity index (χ3v) is 2.75. The summed E-state index contributed by atoms with van der Waals surface area (Å²) in [4.78, 5) is 6.53. The summed E-state index contributed by atoms with van der Waals surface area (Å²) >= 11 is 0. The zero-order chi connectivity index (χ0) is 10.7. The lowest BCUT2D eigenvalue weighted by molar-refractivity contribution is 0.148. The van der Waals surface area contributed by atoms with Crippen LogP contribution in [0, 0.1) is 0 Å². The average molecular weight is 204 g/mol. The summed E-state index contributed by atoms with van der Waals surface area (Å²) in [6, 6.07) is 10.2. The Morgan fingerprint density at radius 3 is 2.67 bits per heavy atom. The van der Waals surface area contributed by atoms with Gasteiger partial charge in [-0.2, -0.15) is 0 Å². The number of rotatable bonds is 3. The van der Waals surface area contributed by atoms with Gasteiger partial charge < -0.3 is 5.11 Å². The largest absolute Gasteiger partial charge is 0.394 e. The van der Waals surface area contributed by atoms with Gasteiger partial charge in [0, 0.05) is 12.3 Å². The second kappa shape index (κ2) is 4.55. The number of nitrogens with zero attached hydrogens (tertiary/aromatic N) is 2. The molecule has 15 heavy (non-hydrogen) atoms. The van der Waals surface area contributed by atoms with Gasteiger partial charge in [0.1, 0.15) is 0 Å². The van der Waals surface area contributed by atoms with E-state index in [-0.39, 0.29) is 12.6 Å². The Balaban J connectivity index is 2.12. The van der Waals surface area contributed by atoms with E-state index in [1.807, 2.05) is 25.1 Å². The molecule has 0 aromatic heterocycles. The van der Waals surface area contributed by atoms with Crippen molar-refractivity contribution < 1.29 is 5.11 Å². The highest BCUT2D eigenvalue weighted by Gasteiger charge is 2.22. The summed E-state index contributed by atoms with van der Waals surface area (Å²) < 4.78 is 0. The van der Waals surface area contributed by atoms with Gasteiger partial charge in [0.25, 0.3) is 0 Å². The molecule has 1 aliphatic heterocycles. The number of hydrogen-bond acceptors (Lipinski definition) is 3. The maximum Gasteiger partial charge on any atom is 0.0918 e. The fourth-order valence-electron chi connectivity index (χ4n) is 1.92. The number of aliphatic imine (C=N–C) groups is 1. The Kier molecular flexibility index (Phi) is 3.14. The Morgan fingerprint density at radius 1 is 1.40 bits per heavy atom. The van der Waals surface area contributed by atoms with Crippen LogP contribution in [0.1, 0.15) is 18.5 Å². The molecule has 1 atom stereocenters. The second-order valence-electron chi connectivity index (χ2n) is 3.89. The molecule has 1 aromatic carbocycles. The van der Waals surface area contributed by atoms with E-state index >= 15 is 0 Å². The Bertz CT molecular complexity index is 348. The lowest BCUT2D eigenvalue weighted by atomic mass is 10.1. The Labute approximate surface area is 90.1 Å². The minimum atomic E-state index is 0.0763. The fourth-order valence-corrected chi connectivity index (χ4v) is 1.92. The number of aliphatic hydroxyl groups is 1. The summed E-state index contributed by atoms with van der Waals surface area (Å²) in [5, 5.41) is 9.43. The van der Waals surface area contributed by atoms with Crippen molar-refractivity contribution in [1.29, 1.82) is 0 Å². The van der Waals surface area contributed by atoms with Gasteiger partial charge in [-0.3, -0.25) is 9.89 Å². The van der Waals surface area contributed by atoms with Crippen LogP contribution in [-0.4, -0.2) is 35.5 Å². The summed E-state index contributed by atoms with van der Waals surface area (Å²) in [5.41, 5.74) is 2.30. The molecule has 3 heteroatoms. The molecule has 0 radical (unpaired) electrons. The molecule has 0 amide bonds. The van der Waals surface area contributed by atoms with Crippen molar-refractivity contribution in [3.63, 3.8) is 0 Å². The molecule has 1 N–H and O–H groups in total. The third kappa shape index (κ3) is 2.25. The van der Waals surface area contributed by atoms with Crippen LogP contribution in [-0.2, 0) is 0 Å². The minimum absolute atomic E-state index is 0.0763. The van der Waals surface area contributed by atoms with Crippen molar-refractivity contribution in [3.8, 4) is 0 Å². The van der Waals surface area contributed by atoms with E-state index in [9.17, 15) is 5.11 Å². The second-order valence-corrected chi connectivity index (χ2v) is 3.89. The minimum Gasteiger partial charge on any atom is -0.394 e. The van der Waals surface area contributed by atoms with Crippen LogP contribution in [0.5, 0.6) is 0 Å². The molecule has 2 rings (SSSR count). The lowest BCUT2D eigenvalue weighted by Gasteiger charge is -2.25. The number of benzene rings is 1. The SMILES string of the molecule is CC1=NCN([C@@H](CO)c2ccccc2)C1. The first-order valence-electron chi connectivity index (χ1n) is 5.21. The molecule has 1 heterocycles. The van der Waals surface area contributed by atoms with Crippen molar-refractivity contribution in [2.45, 2.75) is 13.0 Å². The quantitative estimate of drug-likeness (QED) is 0.809. The van der Waals surface area contributed by atoms with Crippen molar-refractivity contribution in [1.82, 2.24) is 4.90 Å². The predicted octanol–water partition coefficient (Wildman–Crippen LogP) is 1.45. The van der Waals surface area contributed by atoms with Gasteiger partial charge in [-0.1, -0.05) is 30.3 Å². The summed E-state index contributed by atoms with van der Waals surface area (Å²) in [6.07, 6.45) is 0. The molecule has 1 aromatic rings. The van der Waals surface area contributed by atoms with Crippen LogP contribution in [0.25, 0.3) is 0 Å². The first-order valence-corrected chi connectivity index (χ1v) is 5.21. The number of aliphatic hydroxyl groups excluding tert-OH is 1. The maximum absolute atomic E-state index is 9.43. The van der Waals surface area contributed by atoms with Crippen molar-refractivity contribution in [3.05, 3.63) is 35.9 Å².